The fraction of sp³-hybridized carbons (Fsp3) is 0.727. The molecule has 0 spiro atoms. The summed E-state index contributed by atoms with van der Waals surface area (Å²) in [5, 5.41) is 3.43. The van der Waals surface area contributed by atoms with Crippen LogP contribution in [-0.2, 0) is 13.0 Å². The lowest BCUT2D eigenvalue weighted by Crippen LogP contribution is -2.16. The van der Waals surface area contributed by atoms with Crippen LogP contribution in [0.4, 0.5) is 0 Å². The Kier molecular flexibility index (Phi) is 2.87. The van der Waals surface area contributed by atoms with Crippen LogP contribution in [0.3, 0.4) is 0 Å². The molecule has 1 aromatic heterocycles. The number of aryl methyl sites for hydroxylation is 2. The van der Waals surface area contributed by atoms with E-state index in [1.807, 2.05) is 0 Å². The number of H-pyrrole nitrogens is 1. The van der Waals surface area contributed by atoms with E-state index in [4.69, 9.17) is 0 Å². The van der Waals surface area contributed by atoms with Crippen molar-refractivity contribution in [2.45, 2.75) is 39.7 Å². The minimum atomic E-state index is 0.886. The largest absolute Gasteiger partial charge is 0.345 e. The number of rotatable bonds is 5. The Bertz CT molecular complexity index is 299. The molecule has 1 saturated carbocycles. The van der Waals surface area contributed by atoms with Crippen molar-refractivity contribution in [3.05, 3.63) is 17.2 Å². The van der Waals surface area contributed by atoms with Crippen LogP contribution in [0, 0.1) is 12.8 Å². The van der Waals surface area contributed by atoms with Crippen LogP contribution in [0.5, 0.6) is 0 Å². The van der Waals surface area contributed by atoms with Crippen molar-refractivity contribution >= 4 is 0 Å². The zero-order chi connectivity index (χ0) is 9.97. The van der Waals surface area contributed by atoms with Crippen molar-refractivity contribution in [2.24, 2.45) is 5.92 Å². The lowest BCUT2D eigenvalue weighted by atomic mass is 10.3. The fourth-order valence-electron chi connectivity index (χ4n) is 1.71. The average molecular weight is 193 g/mol. The molecule has 14 heavy (non-hydrogen) atoms. The molecule has 0 radical (unpaired) electrons. The van der Waals surface area contributed by atoms with E-state index in [1.54, 1.807) is 0 Å². The molecule has 1 fully saturated rings. The summed E-state index contributed by atoms with van der Waals surface area (Å²) in [4.78, 5) is 7.84. The van der Waals surface area contributed by atoms with Gasteiger partial charge in [-0.1, -0.05) is 6.92 Å². The Morgan fingerprint density at radius 3 is 2.86 bits per heavy atom. The fourth-order valence-corrected chi connectivity index (χ4v) is 1.71. The topological polar surface area (TPSA) is 40.7 Å². The van der Waals surface area contributed by atoms with Crippen LogP contribution in [0.25, 0.3) is 0 Å². The Hall–Kier alpha value is -0.830. The highest BCUT2D eigenvalue weighted by Gasteiger charge is 2.20. The standard InChI is InChI=1S/C11H19N3/c1-3-10-8(2)13-11(14-10)7-12-6-9-4-5-9/h9,12H,3-7H2,1-2H3,(H,13,14). The van der Waals surface area contributed by atoms with E-state index < -0.39 is 0 Å². The van der Waals surface area contributed by atoms with Crippen LogP contribution in [0.15, 0.2) is 0 Å². The van der Waals surface area contributed by atoms with Crippen molar-refractivity contribution in [3.8, 4) is 0 Å². The number of nitrogens with one attached hydrogen (secondary N) is 2. The van der Waals surface area contributed by atoms with Crippen LogP contribution in [-0.4, -0.2) is 16.5 Å². The summed E-state index contributed by atoms with van der Waals surface area (Å²) < 4.78 is 0. The highest BCUT2D eigenvalue weighted by atomic mass is 15.0. The molecule has 1 aliphatic rings. The molecule has 0 amide bonds. The molecule has 78 valence electrons. The molecule has 0 unspecified atom stereocenters. The predicted molar refractivity (Wildman–Crippen MR) is 57.1 cm³/mol. The van der Waals surface area contributed by atoms with Gasteiger partial charge < -0.3 is 10.3 Å². The molecule has 0 aliphatic heterocycles. The van der Waals surface area contributed by atoms with Crippen molar-refractivity contribution in [1.82, 2.24) is 15.3 Å². The maximum absolute atomic E-state index is 4.53. The monoisotopic (exact) mass is 193 g/mol. The molecule has 2 N–H and O–H groups in total. The summed E-state index contributed by atoms with van der Waals surface area (Å²) in [6.07, 6.45) is 3.83. The third-order valence-corrected chi connectivity index (χ3v) is 2.79. The van der Waals surface area contributed by atoms with E-state index in [1.165, 1.54) is 24.2 Å². The summed E-state index contributed by atoms with van der Waals surface area (Å²) in [7, 11) is 0. The molecule has 0 aromatic carbocycles. The summed E-state index contributed by atoms with van der Waals surface area (Å²) in [6.45, 7) is 6.28. The number of hydrogen-bond donors (Lipinski definition) is 2. The van der Waals surface area contributed by atoms with E-state index in [0.717, 1.165) is 31.3 Å². The van der Waals surface area contributed by atoms with Gasteiger partial charge in [-0.25, -0.2) is 4.98 Å². The first-order valence-electron chi connectivity index (χ1n) is 5.54. The van der Waals surface area contributed by atoms with Gasteiger partial charge in [0.1, 0.15) is 5.82 Å². The summed E-state index contributed by atoms with van der Waals surface area (Å²) in [5.41, 5.74) is 2.42. The van der Waals surface area contributed by atoms with Gasteiger partial charge in [0.25, 0.3) is 0 Å². The number of aromatic nitrogens is 2. The maximum atomic E-state index is 4.53. The molecule has 2 rings (SSSR count). The van der Waals surface area contributed by atoms with Crippen molar-refractivity contribution in [3.63, 3.8) is 0 Å². The molecule has 1 heterocycles. The second-order valence-electron chi connectivity index (χ2n) is 4.18. The lowest BCUT2D eigenvalue weighted by Gasteiger charge is -1.99. The van der Waals surface area contributed by atoms with E-state index in [0.29, 0.717) is 0 Å². The van der Waals surface area contributed by atoms with E-state index >= 15 is 0 Å². The molecule has 1 aromatic rings. The smallest absolute Gasteiger partial charge is 0.120 e. The second-order valence-corrected chi connectivity index (χ2v) is 4.18. The van der Waals surface area contributed by atoms with Gasteiger partial charge in [0, 0.05) is 5.69 Å². The first-order chi connectivity index (χ1) is 6.79. The Balaban J connectivity index is 1.82. The molecule has 3 nitrogen and oxygen atoms in total. The average Bonchev–Trinajstić information content (AvgIpc) is 2.91. The number of hydrogen-bond acceptors (Lipinski definition) is 2. The number of aromatic amines is 1. The zero-order valence-corrected chi connectivity index (χ0v) is 9.06. The van der Waals surface area contributed by atoms with Gasteiger partial charge in [-0.3, -0.25) is 0 Å². The summed E-state index contributed by atoms with van der Waals surface area (Å²) in [5.74, 6) is 2.02. The van der Waals surface area contributed by atoms with Gasteiger partial charge in [0.2, 0.25) is 0 Å². The first-order valence-corrected chi connectivity index (χ1v) is 5.54. The lowest BCUT2D eigenvalue weighted by molar-refractivity contribution is 0.622. The first kappa shape index (κ1) is 9.71. The summed E-state index contributed by atoms with van der Waals surface area (Å²) in [6, 6.07) is 0. The number of nitrogens with zero attached hydrogens (tertiary/aromatic N) is 1. The second kappa shape index (κ2) is 4.13. The van der Waals surface area contributed by atoms with Gasteiger partial charge in [-0.05, 0) is 38.6 Å². The van der Waals surface area contributed by atoms with Crippen molar-refractivity contribution in [2.75, 3.05) is 6.54 Å². The van der Waals surface area contributed by atoms with Gasteiger partial charge >= 0.3 is 0 Å². The van der Waals surface area contributed by atoms with Crippen molar-refractivity contribution in [1.29, 1.82) is 0 Å². The number of imidazole rings is 1. The van der Waals surface area contributed by atoms with Gasteiger partial charge in [-0.2, -0.15) is 0 Å². The summed E-state index contributed by atoms with van der Waals surface area (Å²) >= 11 is 0. The van der Waals surface area contributed by atoms with Crippen LogP contribution < -0.4 is 5.32 Å². The predicted octanol–water partition coefficient (Wildman–Crippen LogP) is 1.78. The van der Waals surface area contributed by atoms with Crippen LogP contribution >= 0.6 is 0 Å². The van der Waals surface area contributed by atoms with Crippen LogP contribution in [0.2, 0.25) is 0 Å². The minimum absolute atomic E-state index is 0.886. The molecule has 3 heteroatoms. The van der Waals surface area contributed by atoms with Crippen molar-refractivity contribution < 1.29 is 0 Å². The Morgan fingerprint density at radius 1 is 1.50 bits per heavy atom. The van der Waals surface area contributed by atoms with E-state index in [9.17, 15) is 0 Å². The molecule has 0 atom stereocenters. The highest BCUT2D eigenvalue weighted by molar-refractivity contribution is 5.12. The molecular weight excluding hydrogens is 174 g/mol. The maximum Gasteiger partial charge on any atom is 0.120 e. The van der Waals surface area contributed by atoms with E-state index in [-0.39, 0.29) is 0 Å². The molecular formula is C11H19N3. The third kappa shape index (κ3) is 2.35. The molecule has 0 saturated heterocycles. The Morgan fingerprint density at radius 2 is 2.29 bits per heavy atom. The van der Waals surface area contributed by atoms with Gasteiger partial charge in [0.15, 0.2) is 0 Å². The highest BCUT2D eigenvalue weighted by Crippen LogP contribution is 2.27. The normalized spacial score (nSPS) is 16.1. The SMILES string of the molecule is CCc1nc(CNCC2CC2)[nH]c1C. The molecule has 0 bridgehead atoms. The van der Waals surface area contributed by atoms with Gasteiger partial charge in [0.05, 0.1) is 12.2 Å². The third-order valence-electron chi connectivity index (χ3n) is 2.79. The Labute approximate surface area is 85.3 Å². The molecule has 1 aliphatic carbocycles. The van der Waals surface area contributed by atoms with Gasteiger partial charge in [-0.15, -0.1) is 0 Å². The zero-order valence-electron chi connectivity index (χ0n) is 9.06. The van der Waals surface area contributed by atoms with Crippen LogP contribution in [0.1, 0.15) is 37.0 Å². The quantitative estimate of drug-likeness (QED) is 0.748. The van der Waals surface area contributed by atoms with E-state index in [2.05, 4.69) is 29.1 Å². The minimum Gasteiger partial charge on any atom is -0.345 e.